The van der Waals surface area contributed by atoms with Gasteiger partial charge in [-0.1, -0.05) is 114 Å². The van der Waals surface area contributed by atoms with Gasteiger partial charge in [-0.15, -0.1) is 0 Å². The Balaban J connectivity index is 2.36. The summed E-state index contributed by atoms with van der Waals surface area (Å²) < 4.78 is 33.0. The summed E-state index contributed by atoms with van der Waals surface area (Å²) in [6, 6.07) is 0. The number of aliphatic hydroxyl groups excluding tert-OH is 5. The molecule has 0 amide bonds. The van der Waals surface area contributed by atoms with Gasteiger partial charge in [0.15, 0.2) is 6.10 Å². The van der Waals surface area contributed by atoms with Gasteiger partial charge in [-0.3, -0.25) is 18.6 Å². The molecular weight excluding hydrogens is 707 g/mol. The van der Waals surface area contributed by atoms with Crippen LogP contribution in [0.2, 0.25) is 0 Å². The molecule has 1 aliphatic rings. The van der Waals surface area contributed by atoms with Gasteiger partial charge in [-0.05, 0) is 51.4 Å². The summed E-state index contributed by atoms with van der Waals surface area (Å²) >= 11 is 0. The summed E-state index contributed by atoms with van der Waals surface area (Å²) in [4.78, 5) is 35.0. The molecule has 0 aromatic carbocycles. The average Bonchev–Trinajstić information content (AvgIpc) is 3.13. The highest BCUT2D eigenvalue weighted by Gasteiger charge is 2.51. The Kier molecular flexibility index (Phi) is 27.7. The van der Waals surface area contributed by atoms with Crippen LogP contribution in [0.4, 0.5) is 0 Å². The first-order valence-corrected chi connectivity index (χ1v) is 20.9. The van der Waals surface area contributed by atoms with Gasteiger partial charge < -0.3 is 39.9 Å². The topological polar surface area (TPSA) is 210 Å². The maximum atomic E-state index is 12.7. The van der Waals surface area contributed by atoms with Gasteiger partial charge in [0.25, 0.3) is 0 Å². The first-order valence-electron chi connectivity index (χ1n) is 19.4. The molecule has 0 spiro atoms. The highest BCUT2D eigenvalue weighted by atomic mass is 31.2. The number of esters is 2. The maximum absolute atomic E-state index is 12.7. The van der Waals surface area contributed by atoms with Gasteiger partial charge in [0.2, 0.25) is 0 Å². The lowest BCUT2D eigenvalue weighted by atomic mass is 9.85. The fourth-order valence-electron chi connectivity index (χ4n) is 5.51. The van der Waals surface area contributed by atoms with Crippen LogP contribution >= 0.6 is 7.82 Å². The van der Waals surface area contributed by atoms with E-state index in [2.05, 4.69) is 55.5 Å². The molecule has 1 rings (SSSR count). The van der Waals surface area contributed by atoms with Crippen molar-refractivity contribution in [2.45, 2.75) is 172 Å². The largest absolute Gasteiger partial charge is 0.472 e. The van der Waals surface area contributed by atoms with Crippen molar-refractivity contribution in [1.82, 2.24) is 0 Å². The molecule has 306 valence electrons. The van der Waals surface area contributed by atoms with Gasteiger partial charge in [-0.25, -0.2) is 4.57 Å². The second kappa shape index (κ2) is 30.1. The molecule has 6 atom stereocenters. The standard InChI is InChI=1S/C39H67O13P/c1-3-5-7-8-9-10-11-12-13-14-15-16-17-18-19-20-21-22-23-24-26-28-33(41)51-31(29-49-32(40)27-25-6-4-2)30-50-53(47,48)52-39-37(45)35(43)34(42)36(44)38(39)46/h5,7,9-10,12-13,15-16,31,34-39,42-46H,3-4,6,8,11,14,17-30H2,1-2H3,(H,47,48)/b7-5-,10-9-,13-12-,16-15-. The van der Waals surface area contributed by atoms with Crippen molar-refractivity contribution in [3.63, 3.8) is 0 Å². The van der Waals surface area contributed by atoms with Crippen LogP contribution in [0.3, 0.4) is 0 Å². The number of allylic oxidation sites excluding steroid dienone is 8. The van der Waals surface area contributed by atoms with Crippen LogP contribution in [0.5, 0.6) is 0 Å². The molecule has 1 fully saturated rings. The molecule has 0 aliphatic heterocycles. The number of carbonyl (C=O) groups is 2. The van der Waals surface area contributed by atoms with Gasteiger partial charge in [0.1, 0.15) is 43.2 Å². The Bertz CT molecular complexity index is 1120. The molecular formula is C39H67O13P. The van der Waals surface area contributed by atoms with Gasteiger partial charge in [0.05, 0.1) is 6.61 Å². The van der Waals surface area contributed by atoms with E-state index in [-0.39, 0.29) is 12.8 Å². The van der Waals surface area contributed by atoms with E-state index in [1.54, 1.807) is 0 Å². The molecule has 14 heteroatoms. The van der Waals surface area contributed by atoms with E-state index in [0.29, 0.717) is 12.8 Å². The average molecular weight is 775 g/mol. The van der Waals surface area contributed by atoms with Gasteiger partial charge in [0, 0.05) is 12.8 Å². The monoisotopic (exact) mass is 774 g/mol. The summed E-state index contributed by atoms with van der Waals surface area (Å²) in [5, 5.41) is 49.7. The van der Waals surface area contributed by atoms with Crippen LogP contribution in [0, 0.1) is 0 Å². The van der Waals surface area contributed by atoms with E-state index in [4.69, 9.17) is 18.5 Å². The number of ether oxygens (including phenoxy) is 2. The van der Waals surface area contributed by atoms with Crippen molar-refractivity contribution >= 4 is 19.8 Å². The number of carbonyl (C=O) groups excluding carboxylic acids is 2. The fraction of sp³-hybridized carbons (Fsp3) is 0.744. The molecule has 0 radical (unpaired) electrons. The molecule has 0 saturated heterocycles. The van der Waals surface area contributed by atoms with E-state index < -0.39 is 75.7 Å². The Morgan fingerprint density at radius 1 is 0.604 bits per heavy atom. The highest BCUT2D eigenvalue weighted by Crippen LogP contribution is 2.47. The van der Waals surface area contributed by atoms with Gasteiger partial charge >= 0.3 is 19.8 Å². The van der Waals surface area contributed by atoms with Crippen LogP contribution in [0.15, 0.2) is 48.6 Å². The molecule has 13 nitrogen and oxygen atoms in total. The number of unbranched alkanes of at least 4 members (excludes halogenated alkanes) is 10. The summed E-state index contributed by atoms with van der Waals surface area (Å²) in [6.07, 6.45) is 20.1. The van der Waals surface area contributed by atoms with Crippen molar-refractivity contribution in [1.29, 1.82) is 0 Å². The van der Waals surface area contributed by atoms with E-state index in [0.717, 1.165) is 83.5 Å². The van der Waals surface area contributed by atoms with E-state index in [1.165, 1.54) is 6.42 Å². The maximum Gasteiger partial charge on any atom is 0.472 e. The lowest BCUT2D eigenvalue weighted by Gasteiger charge is -2.41. The number of hydrogen-bond donors (Lipinski definition) is 6. The molecule has 0 aromatic rings. The van der Waals surface area contributed by atoms with Crippen molar-refractivity contribution < 1.29 is 63.1 Å². The Labute approximate surface area is 316 Å². The number of aliphatic hydroxyl groups is 5. The van der Waals surface area contributed by atoms with Crippen molar-refractivity contribution in [3.05, 3.63) is 48.6 Å². The van der Waals surface area contributed by atoms with E-state index in [1.807, 2.05) is 6.92 Å². The normalized spacial score (nSPS) is 24.0. The van der Waals surface area contributed by atoms with Crippen molar-refractivity contribution in [2.24, 2.45) is 0 Å². The molecule has 0 heterocycles. The quantitative estimate of drug-likeness (QED) is 0.0213. The zero-order valence-corrected chi connectivity index (χ0v) is 32.7. The Hall–Kier alpha value is -2.19. The fourth-order valence-corrected chi connectivity index (χ4v) is 6.48. The summed E-state index contributed by atoms with van der Waals surface area (Å²) in [5.41, 5.74) is 0. The van der Waals surface area contributed by atoms with Crippen LogP contribution in [0.25, 0.3) is 0 Å². The van der Waals surface area contributed by atoms with E-state index in [9.17, 15) is 44.6 Å². The minimum Gasteiger partial charge on any atom is -0.462 e. The third-order valence-electron chi connectivity index (χ3n) is 8.68. The Morgan fingerprint density at radius 2 is 1.08 bits per heavy atom. The van der Waals surface area contributed by atoms with Crippen molar-refractivity contribution in [2.75, 3.05) is 13.2 Å². The second-order valence-corrected chi connectivity index (χ2v) is 14.8. The van der Waals surface area contributed by atoms with Crippen LogP contribution < -0.4 is 0 Å². The van der Waals surface area contributed by atoms with Gasteiger partial charge in [-0.2, -0.15) is 0 Å². The molecule has 6 N–H and O–H groups in total. The summed E-state index contributed by atoms with van der Waals surface area (Å²) in [5.74, 6) is -1.14. The zero-order valence-electron chi connectivity index (χ0n) is 31.8. The third-order valence-corrected chi connectivity index (χ3v) is 9.67. The molecule has 0 bridgehead atoms. The minimum absolute atomic E-state index is 0.0850. The number of phosphoric ester groups is 1. The molecule has 53 heavy (non-hydrogen) atoms. The third kappa shape index (κ3) is 23.4. The number of hydrogen-bond acceptors (Lipinski definition) is 12. The van der Waals surface area contributed by atoms with Crippen molar-refractivity contribution in [3.8, 4) is 0 Å². The lowest BCUT2D eigenvalue weighted by Crippen LogP contribution is -2.64. The SMILES string of the molecule is CC/C=C\C/C=C\C/C=C\C/C=C\CCCCCCCCCCC(=O)OC(COC(=O)CCCCC)COP(=O)(O)OC1C(O)C(O)C(O)C(O)C1O. The summed E-state index contributed by atoms with van der Waals surface area (Å²) in [7, 11) is -5.10. The minimum atomic E-state index is -5.10. The predicted molar refractivity (Wildman–Crippen MR) is 203 cm³/mol. The number of phosphoric acid groups is 1. The lowest BCUT2D eigenvalue weighted by molar-refractivity contribution is -0.220. The number of rotatable bonds is 30. The summed E-state index contributed by atoms with van der Waals surface area (Å²) in [6.45, 7) is 2.93. The first-order chi connectivity index (χ1) is 25.4. The highest BCUT2D eigenvalue weighted by molar-refractivity contribution is 7.47. The zero-order chi connectivity index (χ0) is 39.3. The van der Waals surface area contributed by atoms with Crippen LogP contribution in [-0.4, -0.2) is 98.3 Å². The predicted octanol–water partition coefficient (Wildman–Crippen LogP) is 6.05. The molecule has 1 aliphatic carbocycles. The first kappa shape index (κ1) is 48.8. The second-order valence-electron chi connectivity index (χ2n) is 13.4. The molecule has 6 unspecified atom stereocenters. The molecule has 0 aromatic heterocycles. The van der Waals surface area contributed by atoms with E-state index >= 15 is 0 Å². The van der Waals surface area contributed by atoms with Crippen LogP contribution in [0.1, 0.15) is 129 Å². The smallest absolute Gasteiger partial charge is 0.462 e. The Morgan fingerprint density at radius 3 is 1.64 bits per heavy atom. The van der Waals surface area contributed by atoms with Crippen LogP contribution in [-0.2, 0) is 32.7 Å². The molecule has 1 saturated carbocycles.